The first-order valence-corrected chi connectivity index (χ1v) is 8.39. The van der Waals surface area contributed by atoms with Gasteiger partial charge in [-0.3, -0.25) is 9.78 Å². The Morgan fingerprint density at radius 1 is 1.24 bits per heavy atom. The molecule has 0 bridgehead atoms. The number of aryl methyl sites for hydroxylation is 1. The number of H-pyrrole nitrogens is 2. The summed E-state index contributed by atoms with van der Waals surface area (Å²) < 4.78 is 1.08. The molecule has 3 aromatic rings. The van der Waals surface area contributed by atoms with E-state index < -0.39 is 0 Å². The fraction of sp³-hybridized carbons (Fsp3) is 0.400. The number of rotatable bonds is 1. The predicted molar refractivity (Wildman–Crippen MR) is 89.0 cm³/mol. The van der Waals surface area contributed by atoms with E-state index in [2.05, 4.69) is 23.8 Å². The fourth-order valence-electron chi connectivity index (χ4n) is 3.32. The van der Waals surface area contributed by atoms with E-state index >= 15 is 0 Å². The number of thiophene rings is 1. The second-order valence-electron chi connectivity index (χ2n) is 5.86. The van der Waals surface area contributed by atoms with Crippen molar-refractivity contribution in [2.24, 2.45) is 0 Å². The Morgan fingerprint density at radius 2 is 2.00 bits per heavy atom. The van der Waals surface area contributed by atoms with Gasteiger partial charge in [0.25, 0.3) is 5.56 Å². The summed E-state index contributed by atoms with van der Waals surface area (Å²) in [6.45, 7) is 4.36. The van der Waals surface area contributed by atoms with Gasteiger partial charge < -0.3 is 4.98 Å². The molecule has 0 atom stereocenters. The molecule has 0 fully saturated rings. The largest absolute Gasteiger partial charge is 0.330 e. The molecular formula is C15H15N3OS2. The second kappa shape index (κ2) is 4.48. The topological polar surface area (TPSA) is 61.5 Å². The van der Waals surface area contributed by atoms with Crippen molar-refractivity contribution in [1.82, 2.24) is 15.0 Å². The van der Waals surface area contributed by atoms with Gasteiger partial charge in [-0.15, -0.1) is 11.3 Å². The molecule has 21 heavy (non-hydrogen) atoms. The Labute approximate surface area is 130 Å². The van der Waals surface area contributed by atoms with Crippen LogP contribution in [0.2, 0.25) is 0 Å². The van der Waals surface area contributed by atoms with Gasteiger partial charge in [0.2, 0.25) is 0 Å². The average Bonchev–Trinajstić information content (AvgIpc) is 3.00. The lowest BCUT2D eigenvalue weighted by Gasteiger charge is -2.11. The summed E-state index contributed by atoms with van der Waals surface area (Å²) >= 11 is 6.59. The molecule has 0 saturated carbocycles. The van der Waals surface area contributed by atoms with Gasteiger partial charge in [0.1, 0.15) is 9.53 Å². The molecule has 4 nitrogen and oxygen atoms in total. The van der Waals surface area contributed by atoms with Gasteiger partial charge in [0, 0.05) is 11.1 Å². The third kappa shape index (κ3) is 1.82. The summed E-state index contributed by atoms with van der Waals surface area (Å²) in [5, 5.41) is 1.11. The molecule has 0 aromatic carbocycles. The zero-order valence-electron chi connectivity index (χ0n) is 11.9. The molecule has 1 aliphatic carbocycles. The normalized spacial score (nSPS) is 14.4. The third-order valence-electron chi connectivity index (χ3n) is 4.16. The lowest BCUT2D eigenvalue weighted by atomic mass is 9.99. The highest BCUT2D eigenvalue weighted by Gasteiger charge is 2.24. The number of pyridine rings is 1. The Hall–Kier alpha value is -1.53. The number of aromatic amines is 2. The highest BCUT2D eigenvalue weighted by molar-refractivity contribution is 7.71. The lowest BCUT2D eigenvalue weighted by molar-refractivity contribution is 0.805. The van der Waals surface area contributed by atoms with E-state index in [-0.39, 0.29) is 5.56 Å². The molecule has 6 heteroatoms. The summed E-state index contributed by atoms with van der Waals surface area (Å²) in [6.07, 6.45) is 3.32. The number of hydrogen-bond acceptors (Lipinski definition) is 4. The van der Waals surface area contributed by atoms with Crippen LogP contribution in [0.15, 0.2) is 4.79 Å². The van der Waals surface area contributed by atoms with Crippen molar-refractivity contribution in [2.75, 3.05) is 0 Å². The first kappa shape index (κ1) is 13.2. The van der Waals surface area contributed by atoms with Crippen molar-refractivity contribution in [2.45, 2.75) is 39.0 Å². The maximum atomic E-state index is 12.1. The Kier molecular flexibility index (Phi) is 2.81. The Bertz CT molecular complexity index is 994. The summed E-state index contributed by atoms with van der Waals surface area (Å²) in [6, 6.07) is 0. The van der Waals surface area contributed by atoms with Crippen LogP contribution in [0.25, 0.3) is 20.4 Å². The van der Waals surface area contributed by atoms with E-state index in [0.717, 1.165) is 35.0 Å². The zero-order valence-corrected chi connectivity index (χ0v) is 13.5. The molecule has 0 saturated heterocycles. The van der Waals surface area contributed by atoms with Crippen LogP contribution in [0.1, 0.15) is 43.0 Å². The van der Waals surface area contributed by atoms with Crippen LogP contribution in [-0.4, -0.2) is 15.0 Å². The van der Waals surface area contributed by atoms with Crippen LogP contribution < -0.4 is 5.56 Å². The lowest BCUT2D eigenvalue weighted by Crippen LogP contribution is -2.05. The van der Waals surface area contributed by atoms with Crippen molar-refractivity contribution >= 4 is 44.0 Å². The third-order valence-corrected chi connectivity index (χ3v) is 5.45. The standard InChI is InChI=1S/C15H15N3OS2/c1-6(2)10-8-5-3-4-7(8)9-11-12(21-14(9)16-10)13(19)18-15(20)17-11/h6H,3-5H2,1-2H3,(H2,17,18,19,20). The van der Waals surface area contributed by atoms with E-state index in [0.29, 0.717) is 15.4 Å². The predicted octanol–water partition coefficient (Wildman–Crippen LogP) is 3.81. The average molecular weight is 317 g/mol. The van der Waals surface area contributed by atoms with E-state index in [4.69, 9.17) is 17.2 Å². The SMILES string of the molecule is CC(C)c1nc2sc3c(=O)[nH]c(=S)[nH]c3c2c2c1CCC2. The second-order valence-corrected chi connectivity index (χ2v) is 7.26. The molecule has 3 aromatic heterocycles. The molecule has 0 spiro atoms. The molecule has 4 rings (SSSR count). The quantitative estimate of drug-likeness (QED) is 0.671. The number of nitrogens with zero attached hydrogens (tertiary/aromatic N) is 1. The van der Waals surface area contributed by atoms with E-state index in [1.807, 2.05) is 0 Å². The summed E-state index contributed by atoms with van der Waals surface area (Å²) in [7, 11) is 0. The van der Waals surface area contributed by atoms with E-state index in [1.165, 1.54) is 28.2 Å². The van der Waals surface area contributed by atoms with E-state index in [9.17, 15) is 4.79 Å². The zero-order chi connectivity index (χ0) is 14.7. The van der Waals surface area contributed by atoms with Crippen molar-refractivity contribution in [1.29, 1.82) is 0 Å². The fourth-order valence-corrected chi connectivity index (χ4v) is 4.58. The number of aromatic nitrogens is 3. The van der Waals surface area contributed by atoms with Crippen molar-refractivity contribution < 1.29 is 0 Å². The molecule has 0 radical (unpaired) electrons. The first-order valence-electron chi connectivity index (χ1n) is 7.16. The van der Waals surface area contributed by atoms with Crippen molar-refractivity contribution in [3.8, 4) is 0 Å². The van der Waals surface area contributed by atoms with Gasteiger partial charge in [-0.1, -0.05) is 13.8 Å². The molecule has 1 aliphatic rings. The maximum Gasteiger partial charge on any atom is 0.269 e. The molecule has 0 unspecified atom stereocenters. The van der Waals surface area contributed by atoms with Crippen LogP contribution in [-0.2, 0) is 12.8 Å². The first-order chi connectivity index (χ1) is 10.1. The highest BCUT2D eigenvalue weighted by atomic mass is 32.1. The van der Waals surface area contributed by atoms with E-state index in [1.54, 1.807) is 0 Å². The highest BCUT2D eigenvalue weighted by Crippen LogP contribution is 2.39. The smallest absolute Gasteiger partial charge is 0.269 e. The summed E-state index contributed by atoms with van der Waals surface area (Å²) in [5.41, 5.74) is 4.69. The molecule has 3 heterocycles. The number of hydrogen-bond donors (Lipinski definition) is 2. The van der Waals surface area contributed by atoms with Gasteiger partial charge in [-0.05, 0) is 48.5 Å². The van der Waals surface area contributed by atoms with Gasteiger partial charge in [-0.2, -0.15) is 0 Å². The van der Waals surface area contributed by atoms with Crippen LogP contribution in [0.5, 0.6) is 0 Å². The van der Waals surface area contributed by atoms with Crippen LogP contribution in [0, 0.1) is 4.77 Å². The minimum absolute atomic E-state index is 0.116. The summed E-state index contributed by atoms with van der Waals surface area (Å²) in [5.74, 6) is 0.406. The van der Waals surface area contributed by atoms with Crippen LogP contribution in [0.4, 0.5) is 0 Å². The molecular weight excluding hydrogens is 302 g/mol. The minimum Gasteiger partial charge on any atom is -0.330 e. The Balaban J connectivity index is 2.26. The monoisotopic (exact) mass is 317 g/mol. The van der Waals surface area contributed by atoms with Crippen molar-refractivity contribution in [3.63, 3.8) is 0 Å². The van der Waals surface area contributed by atoms with Gasteiger partial charge in [0.15, 0.2) is 4.77 Å². The van der Waals surface area contributed by atoms with Gasteiger partial charge >= 0.3 is 0 Å². The minimum atomic E-state index is -0.116. The van der Waals surface area contributed by atoms with Crippen LogP contribution >= 0.6 is 23.6 Å². The summed E-state index contributed by atoms with van der Waals surface area (Å²) in [4.78, 5) is 23.8. The van der Waals surface area contributed by atoms with Gasteiger partial charge in [-0.25, -0.2) is 4.98 Å². The molecule has 2 N–H and O–H groups in total. The molecule has 0 aliphatic heterocycles. The maximum absolute atomic E-state index is 12.1. The molecule has 108 valence electrons. The van der Waals surface area contributed by atoms with Gasteiger partial charge in [0.05, 0.1) is 5.52 Å². The number of nitrogens with one attached hydrogen (secondary N) is 2. The Morgan fingerprint density at radius 3 is 2.76 bits per heavy atom. The van der Waals surface area contributed by atoms with Crippen molar-refractivity contribution in [3.05, 3.63) is 31.9 Å². The van der Waals surface area contributed by atoms with Crippen LogP contribution in [0.3, 0.4) is 0 Å². The number of fused-ring (bicyclic) bond motifs is 5. The molecule has 0 amide bonds.